The maximum atomic E-state index is 11.6. The molecule has 0 amide bonds. The number of ether oxygens (including phenoxy) is 2. The highest BCUT2D eigenvalue weighted by atomic mass is 16.6. The molecule has 6 nitrogen and oxygen atoms in total. The van der Waals surface area contributed by atoms with E-state index in [0.29, 0.717) is 0 Å². The number of isocyanates is 1. The Balaban J connectivity index is 5.44. The summed E-state index contributed by atoms with van der Waals surface area (Å²) in [6.07, 6.45) is -0.116. The van der Waals surface area contributed by atoms with Crippen LogP contribution in [0.15, 0.2) is 4.99 Å². The van der Waals surface area contributed by atoms with Crippen molar-refractivity contribution in [3.8, 4) is 0 Å². The first kappa shape index (κ1) is 14.8. The molecule has 0 aliphatic rings. The molecule has 0 aromatic heterocycles. The molecule has 2 unspecified atom stereocenters. The molecule has 0 saturated heterocycles. The average Bonchev–Trinajstić information content (AvgIpc) is 2.13. The number of aliphatic hydroxyl groups is 1. The zero-order valence-corrected chi connectivity index (χ0v) is 10.1. The van der Waals surface area contributed by atoms with Gasteiger partial charge < -0.3 is 14.6 Å². The lowest BCUT2D eigenvalue weighted by Gasteiger charge is -2.34. The van der Waals surface area contributed by atoms with Gasteiger partial charge in [0.15, 0.2) is 0 Å². The fourth-order valence-electron chi connectivity index (χ4n) is 1.14. The van der Waals surface area contributed by atoms with E-state index in [1.165, 1.54) is 13.0 Å². The van der Waals surface area contributed by atoms with Crippen LogP contribution in [0.25, 0.3) is 0 Å². The maximum Gasteiger partial charge on any atom is 0.365 e. The van der Waals surface area contributed by atoms with Gasteiger partial charge in [0.05, 0.1) is 12.7 Å². The average molecular weight is 231 g/mol. The van der Waals surface area contributed by atoms with E-state index in [9.17, 15) is 14.7 Å². The summed E-state index contributed by atoms with van der Waals surface area (Å²) in [7, 11) is 1.12. The summed E-state index contributed by atoms with van der Waals surface area (Å²) < 4.78 is 9.81. The van der Waals surface area contributed by atoms with Crippen molar-refractivity contribution in [3.63, 3.8) is 0 Å². The fourth-order valence-corrected chi connectivity index (χ4v) is 1.14. The lowest BCUT2D eigenvalue weighted by atomic mass is 10.1. The Morgan fingerprint density at radius 1 is 1.44 bits per heavy atom. The van der Waals surface area contributed by atoms with Crippen LogP contribution in [-0.2, 0) is 19.1 Å². The first-order valence-electron chi connectivity index (χ1n) is 4.75. The molecular weight excluding hydrogens is 214 g/mol. The predicted octanol–water partition coefficient (Wildman–Crippen LogP) is 0.387. The Labute approximate surface area is 94.3 Å². The molecule has 0 rings (SSSR count). The minimum absolute atomic E-state index is 0.786. The van der Waals surface area contributed by atoms with Crippen molar-refractivity contribution in [1.29, 1.82) is 0 Å². The summed E-state index contributed by atoms with van der Waals surface area (Å²) in [5.74, 6) is -0.944. The molecule has 0 spiro atoms. The maximum absolute atomic E-state index is 11.6. The Morgan fingerprint density at radius 2 is 1.94 bits per heavy atom. The molecule has 0 aliphatic carbocycles. The number of carbonyl (C=O) groups is 1. The number of aliphatic imine (C=N–C) groups is 1. The molecule has 1 N–H and O–H groups in total. The van der Waals surface area contributed by atoms with Crippen LogP contribution in [0.3, 0.4) is 0 Å². The Morgan fingerprint density at radius 3 is 2.19 bits per heavy atom. The van der Waals surface area contributed by atoms with Crippen LogP contribution in [0.4, 0.5) is 0 Å². The van der Waals surface area contributed by atoms with Crippen LogP contribution in [0.2, 0.25) is 0 Å². The van der Waals surface area contributed by atoms with E-state index < -0.39 is 23.4 Å². The molecule has 0 fully saturated rings. The fraction of sp³-hybridized carbons (Fsp3) is 0.800. The van der Waals surface area contributed by atoms with Crippen LogP contribution in [0, 0.1) is 0 Å². The van der Waals surface area contributed by atoms with Crippen molar-refractivity contribution in [2.45, 2.75) is 45.1 Å². The lowest BCUT2D eigenvalue weighted by molar-refractivity contribution is -0.206. The number of hydrogen-bond acceptors (Lipinski definition) is 6. The van der Waals surface area contributed by atoms with E-state index in [2.05, 4.69) is 9.73 Å². The summed E-state index contributed by atoms with van der Waals surface area (Å²) >= 11 is 0. The van der Waals surface area contributed by atoms with Gasteiger partial charge in [0, 0.05) is 0 Å². The van der Waals surface area contributed by atoms with Crippen molar-refractivity contribution < 1.29 is 24.2 Å². The number of rotatable bonds is 4. The molecule has 0 saturated carbocycles. The molecule has 2 atom stereocenters. The standard InChI is InChI=1S/C10H17NO5/c1-7(13)10(11-6-12,8(14)15-5)16-9(2,3)4/h7,13H,1-5H3. The molecule has 6 heteroatoms. The van der Waals surface area contributed by atoms with Gasteiger partial charge in [0.2, 0.25) is 6.08 Å². The second kappa shape index (κ2) is 5.21. The van der Waals surface area contributed by atoms with Gasteiger partial charge in [-0.15, -0.1) is 0 Å². The highest BCUT2D eigenvalue weighted by Gasteiger charge is 2.49. The number of esters is 1. The number of methoxy groups -OCH3 is 1. The SMILES string of the molecule is COC(=O)C(N=C=O)(OC(C)(C)C)C(C)O. The third kappa shape index (κ3) is 3.41. The Hall–Kier alpha value is -1.23. The van der Waals surface area contributed by atoms with Crippen molar-refractivity contribution in [2.24, 2.45) is 4.99 Å². The molecule has 0 aromatic rings. The highest BCUT2D eigenvalue weighted by molar-refractivity contribution is 5.81. The smallest absolute Gasteiger partial charge is 0.365 e. The van der Waals surface area contributed by atoms with Gasteiger partial charge in [-0.3, -0.25) is 0 Å². The van der Waals surface area contributed by atoms with E-state index >= 15 is 0 Å². The molecule has 92 valence electrons. The molecule has 16 heavy (non-hydrogen) atoms. The first-order valence-corrected chi connectivity index (χ1v) is 4.75. The quantitative estimate of drug-likeness (QED) is 0.429. The number of aliphatic hydroxyl groups excluding tert-OH is 1. The van der Waals surface area contributed by atoms with Crippen molar-refractivity contribution in [3.05, 3.63) is 0 Å². The second-order valence-corrected chi connectivity index (χ2v) is 4.28. The van der Waals surface area contributed by atoms with Crippen molar-refractivity contribution in [1.82, 2.24) is 0 Å². The highest BCUT2D eigenvalue weighted by Crippen LogP contribution is 2.26. The normalized spacial score (nSPS) is 16.9. The number of hydrogen-bond donors (Lipinski definition) is 1. The monoisotopic (exact) mass is 231 g/mol. The molecule has 0 radical (unpaired) electrons. The molecular formula is C10H17NO5. The Kier molecular flexibility index (Phi) is 4.81. The van der Waals surface area contributed by atoms with Crippen LogP contribution in [-0.4, -0.2) is 41.7 Å². The van der Waals surface area contributed by atoms with Crippen LogP contribution < -0.4 is 0 Å². The zero-order chi connectivity index (χ0) is 13.0. The minimum atomic E-state index is -2.06. The van der Waals surface area contributed by atoms with Gasteiger partial charge in [-0.1, -0.05) is 0 Å². The number of carbonyl (C=O) groups excluding carboxylic acids is 2. The molecule has 0 aliphatic heterocycles. The van der Waals surface area contributed by atoms with E-state index in [1.54, 1.807) is 20.8 Å². The van der Waals surface area contributed by atoms with Gasteiger partial charge in [-0.05, 0) is 27.7 Å². The Bertz CT molecular complexity index is 301. The summed E-state index contributed by atoms with van der Waals surface area (Å²) in [4.78, 5) is 25.2. The van der Waals surface area contributed by atoms with Gasteiger partial charge >= 0.3 is 5.97 Å². The third-order valence-electron chi connectivity index (χ3n) is 1.72. The topological polar surface area (TPSA) is 85.2 Å². The summed E-state index contributed by atoms with van der Waals surface area (Å²) in [5.41, 5.74) is -2.85. The first-order chi connectivity index (χ1) is 7.19. The van der Waals surface area contributed by atoms with Crippen LogP contribution in [0.5, 0.6) is 0 Å². The van der Waals surface area contributed by atoms with Gasteiger partial charge in [-0.2, -0.15) is 4.99 Å². The predicted molar refractivity (Wildman–Crippen MR) is 55.4 cm³/mol. The third-order valence-corrected chi connectivity index (χ3v) is 1.72. The van der Waals surface area contributed by atoms with Gasteiger partial charge in [0.1, 0.15) is 6.10 Å². The van der Waals surface area contributed by atoms with E-state index in [4.69, 9.17) is 4.74 Å². The van der Waals surface area contributed by atoms with Crippen molar-refractivity contribution in [2.75, 3.05) is 7.11 Å². The molecule has 0 heterocycles. The van der Waals surface area contributed by atoms with Crippen LogP contribution >= 0.6 is 0 Å². The van der Waals surface area contributed by atoms with E-state index in [0.717, 1.165) is 7.11 Å². The summed E-state index contributed by atoms with van der Waals surface area (Å²) in [6.45, 7) is 6.26. The largest absolute Gasteiger partial charge is 0.465 e. The summed E-state index contributed by atoms with van der Waals surface area (Å²) in [6, 6.07) is 0. The molecule has 0 aromatic carbocycles. The number of nitrogens with zero attached hydrogens (tertiary/aromatic N) is 1. The van der Waals surface area contributed by atoms with Crippen molar-refractivity contribution >= 4 is 12.0 Å². The lowest BCUT2D eigenvalue weighted by Crippen LogP contribution is -2.53. The molecule has 0 bridgehead atoms. The van der Waals surface area contributed by atoms with Gasteiger partial charge in [0.25, 0.3) is 5.72 Å². The van der Waals surface area contributed by atoms with Crippen LogP contribution in [0.1, 0.15) is 27.7 Å². The van der Waals surface area contributed by atoms with E-state index in [1.807, 2.05) is 0 Å². The summed E-state index contributed by atoms with van der Waals surface area (Å²) in [5, 5.41) is 9.56. The zero-order valence-electron chi connectivity index (χ0n) is 10.1. The minimum Gasteiger partial charge on any atom is -0.465 e. The van der Waals surface area contributed by atoms with Gasteiger partial charge in [-0.25, -0.2) is 9.59 Å². The van der Waals surface area contributed by atoms with E-state index in [-0.39, 0.29) is 0 Å². The second-order valence-electron chi connectivity index (χ2n) is 4.28.